The van der Waals surface area contributed by atoms with E-state index in [1.54, 1.807) is 30.8 Å². The fourth-order valence-corrected chi connectivity index (χ4v) is 3.34. The van der Waals surface area contributed by atoms with E-state index in [0.29, 0.717) is 0 Å². The lowest BCUT2D eigenvalue weighted by atomic mass is 10.1. The second kappa shape index (κ2) is 6.90. The summed E-state index contributed by atoms with van der Waals surface area (Å²) in [6, 6.07) is 12.0. The van der Waals surface area contributed by atoms with E-state index < -0.39 is 0 Å². The van der Waals surface area contributed by atoms with Crippen LogP contribution >= 0.6 is 11.3 Å². The molecule has 0 saturated heterocycles. The molecule has 6 nitrogen and oxygen atoms in total. The molecule has 1 N–H and O–H groups in total. The molecule has 0 amide bonds. The molecule has 4 rings (SSSR count). The quantitative estimate of drug-likeness (QED) is 0.576. The molecule has 0 bridgehead atoms. The Morgan fingerprint density at radius 2 is 2.08 bits per heavy atom. The van der Waals surface area contributed by atoms with Crippen LogP contribution in [0.2, 0.25) is 0 Å². The van der Waals surface area contributed by atoms with Crippen molar-refractivity contribution < 1.29 is 4.74 Å². The Bertz CT molecular complexity index is 931. The van der Waals surface area contributed by atoms with Gasteiger partial charge >= 0.3 is 0 Å². The fraction of sp³-hybridized carbons (Fsp3) is 0.167. The Morgan fingerprint density at radius 3 is 2.80 bits per heavy atom. The number of imidazole rings is 1. The molecule has 7 heteroatoms. The van der Waals surface area contributed by atoms with Gasteiger partial charge in [-0.25, -0.2) is 9.50 Å². The van der Waals surface area contributed by atoms with Crippen LogP contribution < -0.4 is 10.1 Å². The third-order valence-corrected chi connectivity index (χ3v) is 4.73. The molecule has 0 radical (unpaired) electrons. The van der Waals surface area contributed by atoms with Crippen molar-refractivity contribution in [2.75, 3.05) is 19.0 Å². The Hall–Kier alpha value is -2.93. The number of nitrogens with one attached hydrogen (secondary N) is 1. The van der Waals surface area contributed by atoms with E-state index in [0.717, 1.165) is 40.1 Å². The summed E-state index contributed by atoms with van der Waals surface area (Å²) in [5.74, 6) is 0.877. The zero-order chi connectivity index (χ0) is 17.1. The van der Waals surface area contributed by atoms with Crippen molar-refractivity contribution in [3.8, 4) is 17.0 Å². The van der Waals surface area contributed by atoms with Crippen LogP contribution in [0.5, 0.6) is 5.75 Å². The van der Waals surface area contributed by atoms with E-state index in [2.05, 4.69) is 32.5 Å². The van der Waals surface area contributed by atoms with Gasteiger partial charge in [0, 0.05) is 24.5 Å². The predicted molar refractivity (Wildman–Crippen MR) is 99.3 cm³/mol. The molecule has 126 valence electrons. The zero-order valence-corrected chi connectivity index (χ0v) is 14.5. The van der Waals surface area contributed by atoms with Gasteiger partial charge in [0.25, 0.3) is 0 Å². The van der Waals surface area contributed by atoms with E-state index >= 15 is 0 Å². The van der Waals surface area contributed by atoms with Crippen LogP contribution in [-0.4, -0.2) is 33.2 Å². The van der Waals surface area contributed by atoms with Crippen LogP contribution in [-0.2, 0) is 6.42 Å². The lowest BCUT2D eigenvalue weighted by Crippen LogP contribution is -2.04. The third kappa shape index (κ3) is 3.46. The standard InChI is InChI=1S/C18H17N5OS/c1-24-15-6-4-13(5-7-15)8-10-20-17-22-23-12-16(21-18(23)25-17)14-3-2-9-19-11-14/h2-7,9,11-12H,8,10H2,1H3,(H,20,22). The normalized spacial score (nSPS) is 10.9. The van der Waals surface area contributed by atoms with E-state index in [-0.39, 0.29) is 0 Å². The monoisotopic (exact) mass is 351 g/mol. The van der Waals surface area contributed by atoms with Crippen LogP contribution in [0.3, 0.4) is 0 Å². The molecule has 0 saturated carbocycles. The van der Waals surface area contributed by atoms with Crippen LogP contribution in [0.4, 0.5) is 5.13 Å². The van der Waals surface area contributed by atoms with E-state index in [9.17, 15) is 0 Å². The minimum Gasteiger partial charge on any atom is -0.497 e. The van der Waals surface area contributed by atoms with Crippen molar-refractivity contribution in [2.24, 2.45) is 0 Å². The maximum Gasteiger partial charge on any atom is 0.214 e. The first-order chi connectivity index (χ1) is 12.3. The number of rotatable bonds is 6. The van der Waals surface area contributed by atoms with Crippen molar-refractivity contribution in [1.82, 2.24) is 19.6 Å². The molecular formula is C18H17N5OS. The van der Waals surface area contributed by atoms with Gasteiger partial charge in [-0.2, -0.15) is 0 Å². The van der Waals surface area contributed by atoms with Crippen molar-refractivity contribution >= 4 is 21.4 Å². The van der Waals surface area contributed by atoms with Crippen molar-refractivity contribution in [1.29, 1.82) is 0 Å². The summed E-state index contributed by atoms with van der Waals surface area (Å²) >= 11 is 1.54. The molecule has 3 heterocycles. The molecule has 0 aliphatic carbocycles. The van der Waals surface area contributed by atoms with Crippen molar-refractivity contribution in [3.05, 3.63) is 60.6 Å². The van der Waals surface area contributed by atoms with Gasteiger partial charge < -0.3 is 10.1 Å². The first-order valence-corrected chi connectivity index (χ1v) is 8.77. The number of nitrogens with zero attached hydrogens (tertiary/aromatic N) is 4. The summed E-state index contributed by atoms with van der Waals surface area (Å²) in [5.41, 5.74) is 3.14. The summed E-state index contributed by atoms with van der Waals surface area (Å²) in [6.07, 6.45) is 6.41. The maximum absolute atomic E-state index is 5.17. The summed E-state index contributed by atoms with van der Waals surface area (Å²) in [6.45, 7) is 0.818. The summed E-state index contributed by atoms with van der Waals surface area (Å²) < 4.78 is 6.98. The average molecular weight is 351 g/mol. The Kier molecular flexibility index (Phi) is 4.30. The molecule has 0 unspecified atom stereocenters. The molecule has 0 spiro atoms. The lowest BCUT2D eigenvalue weighted by Gasteiger charge is -2.04. The van der Waals surface area contributed by atoms with Gasteiger partial charge in [0.2, 0.25) is 10.1 Å². The minimum atomic E-state index is 0.818. The van der Waals surface area contributed by atoms with E-state index in [1.165, 1.54) is 5.56 Å². The van der Waals surface area contributed by atoms with Crippen LogP contribution in [0.15, 0.2) is 55.0 Å². The summed E-state index contributed by atoms with van der Waals surface area (Å²) in [4.78, 5) is 9.61. The third-order valence-electron chi connectivity index (χ3n) is 3.85. The molecular weight excluding hydrogens is 334 g/mol. The second-order valence-electron chi connectivity index (χ2n) is 5.53. The van der Waals surface area contributed by atoms with Crippen molar-refractivity contribution in [3.63, 3.8) is 0 Å². The van der Waals surface area contributed by atoms with Gasteiger partial charge in [0.05, 0.1) is 19.0 Å². The summed E-state index contributed by atoms with van der Waals surface area (Å²) in [5, 5.41) is 8.77. The second-order valence-corrected chi connectivity index (χ2v) is 6.48. The van der Waals surface area contributed by atoms with Crippen LogP contribution in [0.25, 0.3) is 16.2 Å². The largest absolute Gasteiger partial charge is 0.497 e. The first-order valence-electron chi connectivity index (χ1n) is 7.95. The van der Waals surface area contributed by atoms with Crippen LogP contribution in [0, 0.1) is 0 Å². The number of fused-ring (bicyclic) bond motifs is 1. The van der Waals surface area contributed by atoms with Gasteiger partial charge in [-0.15, -0.1) is 5.10 Å². The van der Waals surface area contributed by atoms with E-state index in [4.69, 9.17) is 4.74 Å². The zero-order valence-electron chi connectivity index (χ0n) is 13.7. The number of methoxy groups -OCH3 is 1. The first kappa shape index (κ1) is 15.6. The highest BCUT2D eigenvalue weighted by molar-refractivity contribution is 7.20. The smallest absolute Gasteiger partial charge is 0.214 e. The molecule has 0 atom stereocenters. The number of benzene rings is 1. The molecule has 0 aliphatic heterocycles. The minimum absolute atomic E-state index is 0.818. The SMILES string of the molecule is COc1ccc(CCNc2nn3cc(-c4cccnc4)nc3s2)cc1. The number of hydrogen-bond donors (Lipinski definition) is 1. The number of ether oxygens (including phenoxy) is 1. The highest BCUT2D eigenvalue weighted by atomic mass is 32.1. The predicted octanol–water partition coefficient (Wildman–Crippen LogP) is 3.52. The molecule has 4 aromatic rings. The number of anilines is 1. The van der Waals surface area contributed by atoms with Gasteiger partial charge in [0.15, 0.2) is 0 Å². The van der Waals surface area contributed by atoms with Crippen molar-refractivity contribution in [2.45, 2.75) is 6.42 Å². The van der Waals surface area contributed by atoms with Crippen LogP contribution in [0.1, 0.15) is 5.56 Å². The number of pyridine rings is 1. The molecule has 0 aliphatic rings. The number of hydrogen-bond acceptors (Lipinski definition) is 6. The highest BCUT2D eigenvalue weighted by Gasteiger charge is 2.09. The Labute approximate surface area is 149 Å². The van der Waals surface area contributed by atoms with Gasteiger partial charge in [-0.1, -0.05) is 23.5 Å². The van der Waals surface area contributed by atoms with E-state index in [1.807, 2.05) is 35.0 Å². The fourth-order valence-electron chi connectivity index (χ4n) is 2.53. The Balaban J connectivity index is 1.39. The Morgan fingerprint density at radius 1 is 1.20 bits per heavy atom. The molecule has 1 aromatic carbocycles. The molecule has 3 aromatic heterocycles. The summed E-state index contributed by atoms with van der Waals surface area (Å²) in [7, 11) is 1.68. The topological polar surface area (TPSA) is 64.3 Å². The van der Waals surface area contributed by atoms with Gasteiger partial charge in [-0.3, -0.25) is 4.98 Å². The number of aromatic nitrogens is 4. The average Bonchev–Trinajstić information content (AvgIpc) is 3.22. The maximum atomic E-state index is 5.17. The van der Waals surface area contributed by atoms with Gasteiger partial charge in [-0.05, 0) is 36.2 Å². The van der Waals surface area contributed by atoms with Gasteiger partial charge in [0.1, 0.15) is 5.75 Å². The lowest BCUT2D eigenvalue weighted by molar-refractivity contribution is 0.414. The highest BCUT2D eigenvalue weighted by Crippen LogP contribution is 2.23. The molecule has 0 fully saturated rings. The molecule has 25 heavy (non-hydrogen) atoms.